The summed E-state index contributed by atoms with van der Waals surface area (Å²) < 4.78 is 6.05. The molecule has 0 heterocycles. The number of carbonyl (C=O) groups excluding carboxylic acids is 1. The molecule has 0 aromatic heterocycles. The number of aliphatic imine (C=N–C) groups is 1. The van der Waals surface area contributed by atoms with Crippen molar-refractivity contribution in [1.82, 2.24) is 16.0 Å². The molecule has 0 aliphatic rings. The lowest BCUT2D eigenvalue weighted by Crippen LogP contribution is -2.40. The molecule has 7 heteroatoms. The molecule has 6 nitrogen and oxygen atoms in total. The van der Waals surface area contributed by atoms with Crippen LogP contribution in [0.25, 0.3) is 0 Å². The van der Waals surface area contributed by atoms with E-state index in [4.69, 9.17) is 4.74 Å². The molecule has 1 amide bonds. The van der Waals surface area contributed by atoms with Gasteiger partial charge in [-0.15, -0.1) is 24.0 Å². The first kappa shape index (κ1) is 26.5. The van der Waals surface area contributed by atoms with E-state index in [9.17, 15) is 4.79 Å². The summed E-state index contributed by atoms with van der Waals surface area (Å²) in [6.07, 6.45) is 2.48. The second kappa shape index (κ2) is 14.5. The topological polar surface area (TPSA) is 74.8 Å². The van der Waals surface area contributed by atoms with Gasteiger partial charge in [-0.2, -0.15) is 0 Å². The fraction of sp³-hybridized carbons (Fsp3) is 0.619. The first-order valence-electron chi connectivity index (χ1n) is 9.89. The summed E-state index contributed by atoms with van der Waals surface area (Å²) in [4.78, 5) is 16.1. The predicted molar refractivity (Wildman–Crippen MR) is 128 cm³/mol. The molecule has 28 heavy (non-hydrogen) atoms. The van der Waals surface area contributed by atoms with E-state index in [0.717, 1.165) is 24.2 Å². The van der Waals surface area contributed by atoms with E-state index in [0.29, 0.717) is 25.5 Å². The number of hydrogen-bond donors (Lipinski definition) is 3. The highest BCUT2D eigenvalue weighted by atomic mass is 127. The van der Waals surface area contributed by atoms with Crippen LogP contribution < -0.4 is 20.7 Å². The van der Waals surface area contributed by atoms with Crippen LogP contribution in [0.1, 0.15) is 58.1 Å². The van der Waals surface area contributed by atoms with Crippen LogP contribution in [0.3, 0.4) is 0 Å². The smallest absolute Gasteiger partial charge is 0.221 e. The number of nitrogens with one attached hydrogen (secondary N) is 3. The van der Waals surface area contributed by atoms with Gasteiger partial charge in [-0.25, -0.2) is 0 Å². The quantitative estimate of drug-likeness (QED) is 0.258. The number of aryl methyl sites for hydroxylation is 1. The maximum absolute atomic E-state index is 11.8. The third-order valence-electron chi connectivity index (χ3n) is 4.46. The summed E-state index contributed by atoms with van der Waals surface area (Å²) in [5.74, 6) is 1.62. The molecule has 0 bridgehead atoms. The Balaban J connectivity index is 0.00000729. The fourth-order valence-corrected chi connectivity index (χ4v) is 2.36. The van der Waals surface area contributed by atoms with E-state index in [1.807, 2.05) is 6.92 Å². The average molecular weight is 504 g/mol. The summed E-state index contributed by atoms with van der Waals surface area (Å²) in [7, 11) is 1.72. The van der Waals surface area contributed by atoms with Crippen molar-refractivity contribution >= 4 is 35.8 Å². The minimum atomic E-state index is 0. The molecule has 2 unspecified atom stereocenters. The van der Waals surface area contributed by atoms with Gasteiger partial charge in [0, 0.05) is 38.2 Å². The molecule has 3 N–H and O–H groups in total. The van der Waals surface area contributed by atoms with Crippen molar-refractivity contribution in [3.8, 4) is 5.75 Å². The van der Waals surface area contributed by atoms with Gasteiger partial charge in [0.25, 0.3) is 0 Å². The monoisotopic (exact) mass is 504 g/mol. The van der Waals surface area contributed by atoms with E-state index in [1.54, 1.807) is 7.05 Å². The third-order valence-corrected chi connectivity index (χ3v) is 4.46. The number of halogens is 1. The van der Waals surface area contributed by atoms with Crippen molar-refractivity contribution in [2.24, 2.45) is 4.99 Å². The van der Waals surface area contributed by atoms with Gasteiger partial charge in [-0.05, 0) is 45.2 Å². The Hall–Kier alpha value is -1.51. The molecule has 0 spiro atoms. The maximum atomic E-state index is 11.8. The average Bonchev–Trinajstić information content (AvgIpc) is 2.65. The van der Waals surface area contributed by atoms with Gasteiger partial charge >= 0.3 is 0 Å². The molecule has 0 saturated carbocycles. The number of nitrogens with zero attached hydrogens (tertiary/aromatic N) is 1. The zero-order chi connectivity index (χ0) is 20.2. The highest BCUT2D eigenvalue weighted by molar-refractivity contribution is 14.0. The second-order valence-electron chi connectivity index (χ2n) is 6.93. The highest BCUT2D eigenvalue weighted by Gasteiger charge is 2.09. The Morgan fingerprint density at radius 2 is 1.89 bits per heavy atom. The SMILES string of the molecule is CCC(C)NC(=O)CCNC(=NC)NCc1ccc(C)cc1OC(C)CC.I. The Bertz CT molecular complexity index is 622. The summed E-state index contributed by atoms with van der Waals surface area (Å²) in [6.45, 7) is 11.4. The summed E-state index contributed by atoms with van der Waals surface area (Å²) in [6, 6.07) is 6.43. The number of ether oxygens (including phenoxy) is 1. The number of guanidine groups is 1. The Labute approximate surface area is 187 Å². The molecule has 1 aromatic rings. The van der Waals surface area contributed by atoms with Gasteiger partial charge in [0.15, 0.2) is 5.96 Å². The molecule has 1 rings (SSSR count). The first-order chi connectivity index (χ1) is 12.9. The van der Waals surface area contributed by atoms with E-state index in [-0.39, 0.29) is 42.0 Å². The number of amides is 1. The lowest BCUT2D eigenvalue weighted by molar-refractivity contribution is -0.121. The van der Waals surface area contributed by atoms with Crippen molar-refractivity contribution in [3.05, 3.63) is 29.3 Å². The van der Waals surface area contributed by atoms with Crippen LogP contribution in [0, 0.1) is 6.92 Å². The first-order valence-corrected chi connectivity index (χ1v) is 9.89. The van der Waals surface area contributed by atoms with Crippen molar-refractivity contribution in [3.63, 3.8) is 0 Å². The fourth-order valence-electron chi connectivity index (χ4n) is 2.36. The van der Waals surface area contributed by atoms with Gasteiger partial charge in [0.1, 0.15) is 5.75 Å². The van der Waals surface area contributed by atoms with Crippen LogP contribution in [0.4, 0.5) is 0 Å². The van der Waals surface area contributed by atoms with Gasteiger partial charge < -0.3 is 20.7 Å². The molecule has 160 valence electrons. The lowest BCUT2D eigenvalue weighted by Gasteiger charge is -2.18. The number of rotatable bonds is 10. The molecule has 0 radical (unpaired) electrons. The van der Waals surface area contributed by atoms with E-state index in [2.05, 4.69) is 66.8 Å². The molecule has 0 aliphatic heterocycles. The van der Waals surface area contributed by atoms with Crippen molar-refractivity contribution in [2.45, 2.75) is 72.6 Å². The van der Waals surface area contributed by atoms with Crippen LogP contribution in [-0.2, 0) is 11.3 Å². The van der Waals surface area contributed by atoms with E-state index in [1.165, 1.54) is 5.56 Å². The zero-order valence-electron chi connectivity index (χ0n) is 18.1. The van der Waals surface area contributed by atoms with Crippen LogP contribution >= 0.6 is 24.0 Å². The summed E-state index contributed by atoms with van der Waals surface area (Å²) in [5.41, 5.74) is 2.25. The predicted octanol–water partition coefficient (Wildman–Crippen LogP) is 3.76. The third kappa shape index (κ3) is 10.1. The van der Waals surface area contributed by atoms with Crippen LogP contribution in [0.2, 0.25) is 0 Å². The van der Waals surface area contributed by atoms with Crippen LogP contribution in [0.5, 0.6) is 5.75 Å². The zero-order valence-corrected chi connectivity index (χ0v) is 20.4. The molecule has 0 saturated heterocycles. The number of carbonyl (C=O) groups is 1. The van der Waals surface area contributed by atoms with E-state index >= 15 is 0 Å². The van der Waals surface area contributed by atoms with Crippen LogP contribution in [0.15, 0.2) is 23.2 Å². The van der Waals surface area contributed by atoms with Crippen molar-refractivity contribution in [2.75, 3.05) is 13.6 Å². The molecule has 0 aliphatic carbocycles. The molecule has 2 atom stereocenters. The van der Waals surface area contributed by atoms with Gasteiger partial charge in [-0.1, -0.05) is 26.0 Å². The normalized spacial score (nSPS) is 13.1. The largest absolute Gasteiger partial charge is 0.490 e. The molecule has 1 aromatic carbocycles. The summed E-state index contributed by atoms with van der Waals surface area (Å²) >= 11 is 0. The Kier molecular flexibility index (Phi) is 13.7. The summed E-state index contributed by atoms with van der Waals surface area (Å²) in [5, 5.41) is 9.43. The standard InChI is InChI=1S/C21H36N4O2.HI/c1-7-16(4)25-20(26)11-12-23-21(22-6)24-14-18-10-9-15(3)13-19(18)27-17(5)8-2;/h9-10,13,16-17H,7-8,11-12,14H2,1-6H3,(H,25,26)(H2,22,23,24);1H. The number of benzene rings is 1. The second-order valence-corrected chi connectivity index (χ2v) is 6.93. The number of hydrogen-bond acceptors (Lipinski definition) is 3. The van der Waals surface area contributed by atoms with Gasteiger partial charge in [-0.3, -0.25) is 9.79 Å². The molecule has 0 fully saturated rings. The van der Waals surface area contributed by atoms with Crippen molar-refractivity contribution in [1.29, 1.82) is 0 Å². The van der Waals surface area contributed by atoms with Gasteiger partial charge in [0.2, 0.25) is 5.91 Å². The minimum absolute atomic E-state index is 0. The Morgan fingerprint density at radius 3 is 2.50 bits per heavy atom. The highest BCUT2D eigenvalue weighted by Crippen LogP contribution is 2.22. The van der Waals surface area contributed by atoms with E-state index < -0.39 is 0 Å². The lowest BCUT2D eigenvalue weighted by atomic mass is 10.1. The minimum Gasteiger partial charge on any atom is -0.490 e. The van der Waals surface area contributed by atoms with Crippen molar-refractivity contribution < 1.29 is 9.53 Å². The van der Waals surface area contributed by atoms with Crippen LogP contribution in [-0.4, -0.2) is 37.6 Å². The maximum Gasteiger partial charge on any atom is 0.221 e. The molecular weight excluding hydrogens is 467 g/mol. The van der Waals surface area contributed by atoms with Gasteiger partial charge in [0.05, 0.1) is 6.10 Å². The molecular formula is C21H37IN4O2. The Morgan fingerprint density at radius 1 is 1.18 bits per heavy atom.